The fraction of sp³-hybridized carbons (Fsp3) is 0.643. The Bertz CT molecular complexity index is 366. The van der Waals surface area contributed by atoms with Gasteiger partial charge in [-0.15, -0.1) is 0 Å². The highest BCUT2D eigenvalue weighted by atomic mass is 16.3. The topological polar surface area (TPSA) is 48.4 Å². The van der Waals surface area contributed by atoms with E-state index in [4.69, 9.17) is 5.11 Å². The first-order chi connectivity index (χ1) is 8.70. The fourth-order valence-electron chi connectivity index (χ4n) is 2.53. The van der Waals surface area contributed by atoms with Crippen molar-refractivity contribution >= 4 is 11.5 Å². The third-order valence-corrected chi connectivity index (χ3v) is 3.82. The minimum atomic E-state index is 0.163. The summed E-state index contributed by atoms with van der Waals surface area (Å²) in [5.41, 5.74) is 1.04. The monoisotopic (exact) mass is 249 g/mol. The number of anilines is 2. The van der Waals surface area contributed by atoms with Crippen molar-refractivity contribution < 1.29 is 5.11 Å². The van der Waals surface area contributed by atoms with E-state index in [1.165, 1.54) is 19.3 Å². The summed E-state index contributed by atoms with van der Waals surface area (Å²) in [6, 6.07) is 4.64. The largest absolute Gasteiger partial charge is 0.395 e. The minimum absolute atomic E-state index is 0.163. The van der Waals surface area contributed by atoms with Crippen LogP contribution in [0.15, 0.2) is 18.3 Å². The molecule has 1 aromatic heterocycles. The lowest BCUT2D eigenvalue weighted by Gasteiger charge is -2.20. The second-order valence-electron chi connectivity index (χ2n) is 5.21. The first-order valence-electron chi connectivity index (χ1n) is 6.75. The van der Waals surface area contributed by atoms with E-state index in [0.717, 1.165) is 17.4 Å². The molecule has 4 heteroatoms. The Balaban J connectivity index is 1.95. The highest BCUT2D eigenvalue weighted by molar-refractivity contribution is 5.49. The average Bonchev–Trinajstić information content (AvgIpc) is 2.76. The van der Waals surface area contributed by atoms with Crippen LogP contribution in [0.25, 0.3) is 0 Å². The Morgan fingerprint density at radius 2 is 2.28 bits per heavy atom. The number of aliphatic hydroxyl groups excluding tert-OH is 1. The molecule has 1 aliphatic rings. The van der Waals surface area contributed by atoms with Gasteiger partial charge in [0.25, 0.3) is 0 Å². The van der Waals surface area contributed by atoms with Crippen molar-refractivity contribution in [1.29, 1.82) is 0 Å². The predicted molar refractivity (Wildman–Crippen MR) is 75.0 cm³/mol. The molecule has 0 amide bonds. The first kappa shape index (κ1) is 13.1. The van der Waals surface area contributed by atoms with Crippen LogP contribution in [0.1, 0.15) is 26.2 Å². The third-order valence-electron chi connectivity index (χ3n) is 3.82. The quantitative estimate of drug-likeness (QED) is 0.839. The lowest BCUT2D eigenvalue weighted by atomic mass is 10.1. The van der Waals surface area contributed by atoms with E-state index < -0.39 is 0 Å². The van der Waals surface area contributed by atoms with Gasteiger partial charge in [0.05, 0.1) is 18.5 Å². The molecule has 1 heterocycles. The van der Waals surface area contributed by atoms with E-state index in [1.54, 1.807) is 0 Å². The molecule has 0 spiro atoms. The smallest absolute Gasteiger partial charge is 0.126 e. The van der Waals surface area contributed by atoms with Crippen molar-refractivity contribution in [2.24, 2.45) is 5.92 Å². The molecule has 0 aliphatic heterocycles. The zero-order valence-corrected chi connectivity index (χ0v) is 11.3. The maximum absolute atomic E-state index is 8.90. The average molecular weight is 249 g/mol. The van der Waals surface area contributed by atoms with Crippen molar-refractivity contribution in [3.63, 3.8) is 0 Å². The van der Waals surface area contributed by atoms with E-state index in [0.29, 0.717) is 12.6 Å². The van der Waals surface area contributed by atoms with Crippen LogP contribution in [0.4, 0.5) is 11.5 Å². The van der Waals surface area contributed by atoms with Gasteiger partial charge in [0.1, 0.15) is 5.82 Å². The summed E-state index contributed by atoms with van der Waals surface area (Å²) in [5.74, 6) is 1.69. The summed E-state index contributed by atoms with van der Waals surface area (Å²) in [6.07, 6.45) is 5.73. The van der Waals surface area contributed by atoms with Crippen LogP contribution < -0.4 is 10.2 Å². The Morgan fingerprint density at radius 3 is 2.83 bits per heavy atom. The van der Waals surface area contributed by atoms with Crippen molar-refractivity contribution in [2.75, 3.05) is 30.4 Å². The normalized spacial score (nSPS) is 23.1. The maximum Gasteiger partial charge on any atom is 0.126 e. The van der Waals surface area contributed by atoms with Gasteiger partial charge in [-0.1, -0.05) is 13.3 Å². The molecule has 2 N–H and O–H groups in total. The van der Waals surface area contributed by atoms with Crippen LogP contribution in [-0.2, 0) is 0 Å². The summed E-state index contributed by atoms with van der Waals surface area (Å²) >= 11 is 0. The van der Waals surface area contributed by atoms with Crippen molar-refractivity contribution in [1.82, 2.24) is 4.98 Å². The van der Waals surface area contributed by atoms with Crippen molar-refractivity contribution in [3.05, 3.63) is 18.3 Å². The highest BCUT2D eigenvalue weighted by Gasteiger charge is 2.23. The van der Waals surface area contributed by atoms with Crippen molar-refractivity contribution in [2.45, 2.75) is 32.2 Å². The molecule has 1 fully saturated rings. The summed E-state index contributed by atoms with van der Waals surface area (Å²) < 4.78 is 0. The predicted octanol–water partition coefficient (Wildman–Crippen LogP) is 2.11. The molecule has 2 unspecified atom stereocenters. The van der Waals surface area contributed by atoms with Gasteiger partial charge in [-0.2, -0.15) is 0 Å². The summed E-state index contributed by atoms with van der Waals surface area (Å²) in [7, 11) is 1.96. The number of likely N-dealkylation sites (N-methyl/N-ethyl adjacent to an activating group) is 1. The van der Waals surface area contributed by atoms with Crippen LogP contribution in [0.2, 0.25) is 0 Å². The number of hydrogen-bond donors (Lipinski definition) is 2. The van der Waals surface area contributed by atoms with Gasteiger partial charge < -0.3 is 15.3 Å². The van der Waals surface area contributed by atoms with Gasteiger partial charge in [0, 0.05) is 19.6 Å². The number of nitrogens with zero attached hydrogens (tertiary/aromatic N) is 2. The molecule has 0 aromatic carbocycles. The van der Waals surface area contributed by atoms with Crippen LogP contribution in [0, 0.1) is 5.92 Å². The van der Waals surface area contributed by atoms with Gasteiger partial charge in [-0.3, -0.25) is 0 Å². The number of nitrogens with one attached hydrogen (secondary N) is 1. The molecule has 100 valence electrons. The van der Waals surface area contributed by atoms with Crippen molar-refractivity contribution in [3.8, 4) is 0 Å². The van der Waals surface area contributed by atoms with Gasteiger partial charge in [-0.25, -0.2) is 4.98 Å². The minimum Gasteiger partial charge on any atom is -0.395 e. The van der Waals surface area contributed by atoms with Crippen LogP contribution in [0.5, 0.6) is 0 Å². The zero-order chi connectivity index (χ0) is 13.0. The van der Waals surface area contributed by atoms with E-state index in [9.17, 15) is 0 Å². The Hall–Kier alpha value is -1.29. The first-order valence-corrected chi connectivity index (χ1v) is 6.75. The fourth-order valence-corrected chi connectivity index (χ4v) is 2.53. The molecule has 0 bridgehead atoms. The number of aliphatic hydroxyl groups is 1. The van der Waals surface area contributed by atoms with E-state index in [1.807, 2.05) is 30.3 Å². The standard InChI is InChI=1S/C14H23N3O/c1-11-4-3-5-13(11)16-14-7-6-12(10-15-14)17(2)8-9-18/h6-7,10-11,13,18H,3-5,8-9H2,1-2H3,(H,15,16). The molecule has 1 aromatic rings. The number of rotatable bonds is 5. The summed E-state index contributed by atoms with van der Waals surface area (Å²) in [4.78, 5) is 6.44. The highest BCUT2D eigenvalue weighted by Crippen LogP contribution is 2.27. The van der Waals surface area contributed by atoms with Gasteiger partial charge >= 0.3 is 0 Å². The van der Waals surface area contributed by atoms with Crippen LogP contribution >= 0.6 is 0 Å². The number of hydrogen-bond acceptors (Lipinski definition) is 4. The van der Waals surface area contributed by atoms with E-state index >= 15 is 0 Å². The van der Waals surface area contributed by atoms with Gasteiger partial charge in [0.15, 0.2) is 0 Å². The van der Waals surface area contributed by atoms with Gasteiger partial charge in [-0.05, 0) is 30.9 Å². The SMILES string of the molecule is CC1CCCC1Nc1ccc(N(C)CCO)cn1. The number of pyridine rings is 1. The second kappa shape index (κ2) is 6.05. The van der Waals surface area contributed by atoms with Gasteiger partial charge in [0.2, 0.25) is 0 Å². The molecule has 18 heavy (non-hydrogen) atoms. The van der Waals surface area contributed by atoms with E-state index in [2.05, 4.69) is 17.2 Å². The molecule has 0 radical (unpaired) electrons. The lowest BCUT2D eigenvalue weighted by Crippen LogP contribution is -2.23. The zero-order valence-electron chi connectivity index (χ0n) is 11.3. The molecule has 4 nitrogen and oxygen atoms in total. The Kier molecular flexibility index (Phi) is 4.42. The van der Waals surface area contributed by atoms with Crippen LogP contribution in [-0.4, -0.2) is 36.3 Å². The molecular weight excluding hydrogens is 226 g/mol. The second-order valence-corrected chi connectivity index (χ2v) is 5.21. The number of aromatic nitrogens is 1. The molecule has 2 rings (SSSR count). The molecule has 1 saturated carbocycles. The van der Waals surface area contributed by atoms with Crippen LogP contribution in [0.3, 0.4) is 0 Å². The Labute approximate surface area is 109 Å². The summed E-state index contributed by atoms with van der Waals surface area (Å²) in [5, 5.41) is 12.4. The third kappa shape index (κ3) is 3.13. The molecule has 2 atom stereocenters. The molecular formula is C14H23N3O. The Morgan fingerprint density at radius 1 is 1.44 bits per heavy atom. The van der Waals surface area contributed by atoms with E-state index in [-0.39, 0.29) is 6.61 Å². The maximum atomic E-state index is 8.90. The lowest BCUT2D eigenvalue weighted by molar-refractivity contribution is 0.304. The molecule has 1 aliphatic carbocycles. The molecule has 0 saturated heterocycles. The summed E-state index contributed by atoms with van der Waals surface area (Å²) in [6.45, 7) is 3.10.